The van der Waals surface area contributed by atoms with Gasteiger partial charge >= 0.3 is 0 Å². The molecule has 2 unspecified atom stereocenters. The van der Waals surface area contributed by atoms with Crippen molar-refractivity contribution in [2.75, 3.05) is 19.7 Å². The van der Waals surface area contributed by atoms with Gasteiger partial charge in [-0.25, -0.2) is 4.39 Å². The Balaban J connectivity index is 1.82. The van der Waals surface area contributed by atoms with Crippen LogP contribution in [0.5, 0.6) is 0 Å². The topological polar surface area (TPSA) is 21.3 Å². The van der Waals surface area contributed by atoms with Crippen LogP contribution >= 0.6 is 11.6 Å². The van der Waals surface area contributed by atoms with E-state index >= 15 is 0 Å². The van der Waals surface area contributed by atoms with Crippen LogP contribution in [0.2, 0.25) is 5.02 Å². The fourth-order valence-corrected chi connectivity index (χ4v) is 3.73. The standard InChI is InChI=1S/C17H23ClFNO/c1-2-20-11-17(7-8-21-16(17)13-4-5-13)10-12-3-6-14(18)15(19)9-12/h3,6,9,13,16,20H,2,4-5,7-8,10-11H2,1H3. The predicted molar refractivity (Wildman–Crippen MR) is 83.2 cm³/mol. The number of benzene rings is 1. The molecule has 2 aliphatic rings. The van der Waals surface area contributed by atoms with Crippen LogP contribution in [0.25, 0.3) is 0 Å². The molecule has 1 aliphatic carbocycles. The van der Waals surface area contributed by atoms with Crippen molar-refractivity contribution in [1.29, 1.82) is 0 Å². The Morgan fingerprint density at radius 3 is 2.90 bits per heavy atom. The molecule has 0 radical (unpaired) electrons. The molecular formula is C17H23ClFNO. The lowest BCUT2D eigenvalue weighted by Gasteiger charge is -2.35. The van der Waals surface area contributed by atoms with Gasteiger partial charge in [-0.15, -0.1) is 0 Å². The first-order valence-corrected chi connectivity index (χ1v) is 8.29. The Bertz CT molecular complexity index is 506. The molecule has 0 aromatic heterocycles. The van der Waals surface area contributed by atoms with Crippen LogP contribution in [0, 0.1) is 17.2 Å². The van der Waals surface area contributed by atoms with Gasteiger partial charge in [0.05, 0.1) is 11.1 Å². The van der Waals surface area contributed by atoms with Crippen molar-refractivity contribution in [3.05, 3.63) is 34.6 Å². The fraction of sp³-hybridized carbons (Fsp3) is 0.647. The minimum atomic E-state index is -0.324. The minimum absolute atomic E-state index is 0.0947. The first kappa shape index (κ1) is 15.3. The largest absolute Gasteiger partial charge is 0.377 e. The van der Waals surface area contributed by atoms with Gasteiger partial charge in [0.2, 0.25) is 0 Å². The van der Waals surface area contributed by atoms with E-state index in [0.717, 1.165) is 38.1 Å². The minimum Gasteiger partial charge on any atom is -0.377 e. The Kier molecular flexibility index (Phi) is 4.53. The zero-order valence-electron chi connectivity index (χ0n) is 12.5. The first-order chi connectivity index (χ1) is 10.1. The van der Waals surface area contributed by atoms with Gasteiger partial charge in [-0.05, 0) is 55.8 Å². The quantitative estimate of drug-likeness (QED) is 0.862. The van der Waals surface area contributed by atoms with Gasteiger partial charge in [-0.3, -0.25) is 0 Å². The molecule has 3 rings (SSSR count). The van der Waals surface area contributed by atoms with Gasteiger partial charge in [-0.2, -0.15) is 0 Å². The third-order valence-electron chi connectivity index (χ3n) is 4.82. The lowest BCUT2D eigenvalue weighted by molar-refractivity contribution is 0.0308. The summed E-state index contributed by atoms with van der Waals surface area (Å²) in [4.78, 5) is 0. The van der Waals surface area contributed by atoms with Crippen LogP contribution in [0.3, 0.4) is 0 Å². The second kappa shape index (κ2) is 6.23. The van der Waals surface area contributed by atoms with E-state index in [2.05, 4.69) is 12.2 Å². The van der Waals surface area contributed by atoms with E-state index < -0.39 is 0 Å². The molecule has 116 valence electrons. The third-order valence-corrected chi connectivity index (χ3v) is 5.12. The van der Waals surface area contributed by atoms with Crippen LogP contribution in [0.4, 0.5) is 4.39 Å². The summed E-state index contributed by atoms with van der Waals surface area (Å²) in [5.74, 6) is 0.373. The molecule has 0 amide bonds. The number of ether oxygens (including phenoxy) is 1. The van der Waals surface area contributed by atoms with Crippen molar-refractivity contribution in [2.24, 2.45) is 11.3 Å². The maximum Gasteiger partial charge on any atom is 0.142 e. The predicted octanol–water partition coefficient (Wildman–Crippen LogP) is 3.82. The Labute approximate surface area is 131 Å². The van der Waals surface area contributed by atoms with Gasteiger partial charge < -0.3 is 10.1 Å². The number of hydrogen-bond donors (Lipinski definition) is 1. The molecule has 2 fully saturated rings. The smallest absolute Gasteiger partial charge is 0.142 e. The second-order valence-electron chi connectivity index (χ2n) is 6.45. The van der Waals surface area contributed by atoms with E-state index in [1.165, 1.54) is 12.8 Å². The van der Waals surface area contributed by atoms with Crippen LogP contribution in [0.15, 0.2) is 18.2 Å². The highest BCUT2D eigenvalue weighted by atomic mass is 35.5. The highest BCUT2D eigenvalue weighted by Crippen LogP contribution is 2.49. The average molecular weight is 312 g/mol. The molecule has 1 N–H and O–H groups in total. The molecule has 0 spiro atoms. The summed E-state index contributed by atoms with van der Waals surface area (Å²) in [5.41, 5.74) is 1.11. The monoisotopic (exact) mass is 311 g/mol. The van der Waals surface area contributed by atoms with Crippen molar-refractivity contribution in [1.82, 2.24) is 5.32 Å². The number of rotatable bonds is 6. The fourth-order valence-electron chi connectivity index (χ4n) is 3.61. The Hall–Kier alpha value is -0.640. The SMILES string of the molecule is CCNCC1(Cc2ccc(Cl)c(F)c2)CCOC1C1CC1. The van der Waals surface area contributed by atoms with Crippen molar-refractivity contribution < 1.29 is 9.13 Å². The Morgan fingerprint density at radius 2 is 2.24 bits per heavy atom. The van der Waals surface area contributed by atoms with E-state index in [9.17, 15) is 4.39 Å². The highest BCUT2D eigenvalue weighted by molar-refractivity contribution is 6.30. The molecule has 1 aromatic carbocycles. The van der Waals surface area contributed by atoms with Crippen molar-refractivity contribution in [3.8, 4) is 0 Å². The zero-order chi connectivity index (χ0) is 14.9. The van der Waals surface area contributed by atoms with Crippen molar-refractivity contribution >= 4 is 11.6 Å². The second-order valence-corrected chi connectivity index (χ2v) is 6.85. The number of nitrogens with one attached hydrogen (secondary N) is 1. The summed E-state index contributed by atoms with van der Waals surface area (Å²) in [6.45, 7) is 4.84. The van der Waals surface area contributed by atoms with E-state index in [1.54, 1.807) is 12.1 Å². The maximum atomic E-state index is 13.7. The zero-order valence-corrected chi connectivity index (χ0v) is 13.3. The van der Waals surface area contributed by atoms with Crippen molar-refractivity contribution in [2.45, 2.75) is 38.7 Å². The van der Waals surface area contributed by atoms with Gasteiger partial charge in [0.15, 0.2) is 0 Å². The van der Waals surface area contributed by atoms with Crippen LogP contribution in [-0.2, 0) is 11.2 Å². The van der Waals surface area contributed by atoms with Crippen LogP contribution in [0.1, 0.15) is 31.7 Å². The average Bonchev–Trinajstić information content (AvgIpc) is 3.23. The highest BCUT2D eigenvalue weighted by Gasteiger charge is 2.50. The molecule has 0 bridgehead atoms. The molecule has 21 heavy (non-hydrogen) atoms. The lowest BCUT2D eigenvalue weighted by Crippen LogP contribution is -2.43. The van der Waals surface area contributed by atoms with Crippen LogP contribution < -0.4 is 5.32 Å². The molecule has 2 atom stereocenters. The molecule has 1 saturated carbocycles. The molecule has 1 saturated heterocycles. The number of halogens is 2. The normalized spacial score (nSPS) is 29.0. The summed E-state index contributed by atoms with van der Waals surface area (Å²) in [6.07, 6.45) is 4.76. The molecule has 1 aromatic rings. The molecule has 4 heteroatoms. The summed E-state index contributed by atoms with van der Waals surface area (Å²) < 4.78 is 19.8. The van der Waals surface area contributed by atoms with E-state index in [1.807, 2.05) is 6.07 Å². The van der Waals surface area contributed by atoms with Gasteiger partial charge in [0, 0.05) is 18.6 Å². The molecule has 1 aliphatic heterocycles. The van der Waals surface area contributed by atoms with E-state index in [4.69, 9.17) is 16.3 Å². The van der Waals surface area contributed by atoms with Crippen molar-refractivity contribution in [3.63, 3.8) is 0 Å². The summed E-state index contributed by atoms with van der Waals surface area (Å²) in [7, 11) is 0. The summed E-state index contributed by atoms with van der Waals surface area (Å²) in [6, 6.07) is 5.19. The maximum absolute atomic E-state index is 13.7. The van der Waals surface area contributed by atoms with Gasteiger partial charge in [0.25, 0.3) is 0 Å². The molecule has 1 heterocycles. The first-order valence-electron chi connectivity index (χ1n) is 7.91. The molecule has 2 nitrogen and oxygen atoms in total. The number of hydrogen-bond acceptors (Lipinski definition) is 2. The third kappa shape index (κ3) is 3.25. The van der Waals surface area contributed by atoms with Gasteiger partial charge in [0.1, 0.15) is 5.82 Å². The Morgan fingerprint density at radius 1 is 1.43 bits per heavy atom. The summed E-state index contributed by atoms with van der Waals surface area (Å²) >= 11 is 5.79. The molecular weight excluding hydrogens is 289 g/mol. The van der Waals surface area contributed by atoms with Crippen LogP contribution in [-0.4, -0.2) is 25.8 Å². The summed E-state index contributed by atoms with van der Waals surface area (Å²) in [5, 5.41) is 3.69. The lowest BCUT2D eigenvalue weighted by atomic mass is 9.74. The van der Waals surface area contributed by atoms with Gasteiger partial charge in [-0.1, -0.05) is 24.6 Å². The van der Waals surface area contributed by atoms with E-state index in [-0.39, 0.29) is 16.3 Å². The van der Waals surface area contributed by atoms with E-state index in [0.29, 0.717) is 12.0 Å².